The predicted octanol–water partition coefficient (Wildman–Crippen LogP) is 0.642. The number of amides is 2. The van der Waals surface area contributed by atoms with Gasteiger partial charge in [-0.3, -0.25) is 9.59 Å². The first-order valence-electron chi connectivity index (χ1n) is 7.42. The Morgan fingerprint density at radius 2 is 1.09 bits per heavy atom. The van der Waals surface area contributed by atoms with Gasteiger partial charge in [0.05, 0.1) is 0 Å². The maximum atomic E-state index is 11.4. The Morgan fingerprint density at radius 3 is 1.39 bits per heavy atom. The van der Waals surface area contributed by atoms with E-state index < -0.39 is 5.79 Å². The van der Waals surface area contributed by atoms with Crippen LogP contribution in [0, 0.1) is 0 Å². The molecule has 0 spiro atoms. The molecule has 0 heterocycles. The van der Waals surface area contributed by atoms with Crippen molar-refractivity contribution in [1.29, 1.82) is 0 Å². The number of ether oxygens (including phenoxy) is 2. The molecule has 0 saturated heterocycles. The number of nitrogens with one attached hydrogen (secondary N) is 2. The number of carbonyl (C=O) groups is 4. The molecule has 0 bridgehead atoms. The van der Waals surface area contributed by atoms with Crippen molar-refractivity contribution >= 4 is 23.4 Å². The van der Waals surface area contributed by atoms with Gasteiger partial charge in [0.2, 0.25) is 11.8 Å². The molecule has 8 nitrogen and oxygen atoms in total. The van der Waals surface area contributed by atoms with E-state index in [4.69, 9.17) is 9.47 Å². The molecule has 2 N–H and O–H groups in total. The number of ketones is 2. The monoisotopic (exact) mass is 330 g/mol. The highest BCUT2D eigenvalue weighted by Gasteiger charge is 2.19. The number of hydrogen-bond donors (Lipinski definition) is 2. The first kappa shape index (κ1) is 21.2. The topological polar surface area (TPSA) is 111 Å². The smallest absolute Gasteiger partial charge is 0.222 e. The summed E-state index contributed by atoms with van der Waals surface area (Å²) in [5.74, 6) is -1.68. The highest BCUT2D eigenvalue weighted by atomic mass is 16.7. The molecular formula is C15H26N2O6. The number of carbonyl (C=O) groups excluding carboxylic acids is 4. The van der Waals surface area contributed by atoms with Gasteiger partial charge in [0.25, 0.3) is 0 Å². The predicted molar refractivity (Wildman–Crippen MR) is 82.1 cm³/mol. The van der Waals surface area contributed by atoms with Crippen LogP contribution in [0.4, 0.5) is 0 Å². The summed E-state index contributed by atoms with van der Waals surface area (Å²) in [7, 11) is 0. The van der Waals surface area contributed by atoms with E-state index in [0.29, 0.717) is 0 Å². The minimum absolute atomic E-state index is 0.0507. The van der Waals surface area contributed by atoms with Crippen LogP contribution in [0.2, 0.25) is 0 Å². The Hall–Kier alpha value is -1.80. The van der Waals surface area contributed by atoms with Gasteiger partial charge in [-0.1, -0.05) is 0 Å². The third-order valence-electron chi connectivity index (χ3n) is 2.79. The second-order valence-corrected chi connectivity index (χ2v) is 5.58. The average molecular weight is 330 g/mol. The molecule has 0 aromatic carbocycles. The first-order chi connectivity index (χ1) is 10.6. The Kier molecular flexibility index (Phi) is 10.00. The van der Waals surface area contributed by atoms with E-state index in [1.807, 2.05) is 0 Å². The van der Waals surface area contributed by atoms with Crippen molar-refractivity contribution in [2.24, 2.45) is 0 Å². The first-order valence-corrected chi connectivity index (χ1v) is 7.42. The van der Waals surface area contributed by atoms with Gasteiger partial charge < -0.3 is 29.7 Å². The summed E-state index contributed by atoms with van der Waals surface area (Å²) >= 11 is 0. The van der Waals surface area contributed by atoms with Gasteiger partial charge in [0.15, 0.2) is 5.79 Å². The van der Waals surface area contributed by atoms with Crippen LogP contribution in [0.25, 0.3) is 0 Å². The number of rotatable bonds is 12. The van der Waals surface area contributed by atoms with Crippen molar-refractivity contribution in [1.82, 2.24) is 10.6 Å². The van der Waals surface area contributed by atoms with Crippen LogP contribution in [0.1, 0.15) is 53.4 Å². The van der Waals surface area contributed by atoms with Crippen molar-refractivity contribution in [3.63, 3.8) is 0 Å². The van der Waals surface area contributed by atoms with Gasteiger partial charge in [-0.15, -0.1) is 0 Å². The summed E-state index contributed by atoms with van der Waals surface area (Å²) < 4.78 is 10.7. The molecule has 0 aromatic heterocycles. The normalized spacial score (nSPS) is 11.0. The molecule has 2 amide bonds. The van der Waals surface area contributed by atoms with Gasteiger partial charge in [-0.05, 0) is 27.7 Å². The lowest BCUT2D eigenvalue weighted by atomic mass is 10.2. The quantitative estimate of drug-likeness (QED) is 0.508. The Labute approximate surface area is 136 Å². The van der Waals surface area contributed by atoms with E-state index in [9.17, 15) is 19.2 Å². The fourth-order valence-electron chi connectivity index (χ4n) is 1.38. The number of hydrogen-bond acceptors (Lipinski definition) is 6. The van der Waals surface area contributed by atoms with Gasteiger partial charge in [0.1, 0.15) is 25.0 Å². The van der Waals surface area contributed by atoms with E-state index >= 15 is 0 Å². The van der Waals surface area contributed by atoms with Crippen molar-refractivity contribution in [3.05, 3.63) is 0 Å². The van der Waals surface area contributed by atoms with Gasteiger partial charge in [-0.25, -0.2) is 0 Å². The Morgan fingerprint density at radius 1 is 0.739 bits per heavy atom. The van der Waals surface area contributed by atoms with E-state index in [2.05, 4.69) is 10.6 Å². The molecule has 8 heteroatoms. The molecule has 0 fully saturated rings. The molecule has 0 unspecified atom stereocenters. The van der Waals surface area contributed by atoms with E-state index in [1.165, 1.54) is 13.8 Å². The van der Waals surface area contributed by atoms with Crippen LogP contribution in [-0.2, 0) is 28.7 Å². The third-order valence-corrected chi connectivity index (χ3v) is 2.79. The highest BCUT2D eigenvalue weighted by molar-refractivity contribution is 5.83. The van der Waals surface area contributed by atoms with Crippen LogP contribution in [0.15, 0.2) is 0 Å². The van der Waals surface area contributed by atoms with Crippen molar-refractivity contribution in [2.45, 2.75) is 59.2 Å². The Bertz CT molecular complexity index is 396. The van der Waals surface area contributed by atoms with Crippen LogP contribution in [0.3, 0.4) is 0 Å². The zero-order valence-corrected chi connectivity index (χ0v) is 14.2. The largest absolute Gasteiger partial charge is 0.333 e. The molecule has 132 valence electrons. The summed E-state index contributed by atoms with van der Waals surface area (Å²) in [6, 6.07) is 0. The zero-order valence-electron chi connectivity index (χ0n) is 14.2. The van der Waals surface area contributed by atoms with Crippen LogP contribution < -0.4 is 10.6 Å². The zero-order chi connectivity index (χ0) is 17.9. The molecule has 0 aliphatic carbocycles. The lowest BCUT2D eigenvalue weighted by molar-refractivity contribution is -0.219. The van der Waals surface area contributed by atoms with Crippen molar-refractivity contribution in [2.75, 3.05) is 13.5 Å². The summed E-state index contributed by atoms with van der Waals surface area (Å²) in [5, 5.41) is 5.02. The fraction of sp³-hybridized carbons (Fsp3) is 0.733. The second-order valence-electron chi connectivity index (χ2n) is 5.58. The fourth-order valence-corrected chi connectivity index (χ4v) is 1.38. The van der Waals surface area contributed by atoms with Gasteiger partial charge in [0, 0.05) is 25.7 Å². The lowest BCUT2D eigenvalue weighted by Gasteiger charge is -2.25. The number of Topliss-reactive ketones (excluding diaryl/α,β-unsaturated/α-hetero) is 2. The summed E-state index contributed by atoms with van der Waals surface area (Å²) in [6.45, 7) is 5.98. The molecule has 0 rings (SSSR count). The van der Waals surface area contributed by atoms with Crippen LogP contribution in [0.5, 0.6) is 0 Å². The standard InChI is InChI=1S/C15H26N2O6/c1-11(18)5-7-13(20)16-9-22-15(3,4)23-10-17-14(21)8-6-12(2)19/h5-10H2,1-4H3,(H,16,20)(H,17,21). The van der Waals surface area contributed by atoms with E-state index in [1.54, 1.807) is 13.8 Å². The van der Waals surface area contributed by atoms with Gasteiger partial charge >= 0.3 is 0 Å². The lowest BCUT2D eigenvalue weighted by Crippen LogP contribution is -2.39. The van der Waals surface area contributed by atoms with Crippen molar-refractivity contribution < 1.29 is 28.7 Å². The molecule has 0 aliphatic rings. The second kappa shape index (κ2) is 10.8. The highest BCUT2D eigenvalue weighted by Crippen LogP contribution is 2.09. The molecule has 0 radical (unpaired) electrons. The summed E-state index contributed by atoms with van der Waals surface area (Å²) in [4.78, 5) is 44.3. The molecule has 0 aliphatic heterocycles. The minimum Gasteiger partial charge on any atom is -0.333 e. The SMILES string of the molecule is CC(=O)CCC(=O)NCOC(C)(C)OCNC(=O)CCC(C)=O. The maximum absolute atomic E-state index is 11.4. The summed E-state index contributed by atoms with van der Waals surface area (Å²) in [6.07, 6.45) is 0.619. The van der Waals surface area contributed by atoms with E-state index in [0.717, 1.165) is 0 Å². The van der Waals surface area contributed by atoms with Gasteiger partial charge in [-0.2, -0.15) is 0 Å². The molecular weight excluding hydrogens is 304 g/mol. The van der Waals surface area contributed by atoms with E-state index in [-0.39, 0.29) is 62.5 Å². The summed E-state index contributed by atoms with van der Waals surface area (Å²) in [5.41, 5.74) is 0. The molecule has 0 saturated carbocycles. The molecule has 0 aromatic rings. The Balaban J connectivity index is 3.83. The molecule has 23 heavy (non-hydrogen) atoms. The minimum atomic E-state index is -1.01. The molecule has 0 atom stereocenters. The van der Waals surface area contributed by atoms with Crippen LogP contribution in [-0.4, -0.2) is 42.6 Å². The van der Waals surface area contributed by atoms with Crippen LogP contribution >= 0.6 is 0 Å². The third kappa shape index (κ3) is 13.6. The van der Waals surface area contributed by atoms with Crippen molar-refractivity contribution in [3.8, 4) is 0 Å². The average Bonchev–Trinajstić information content (AvgIpc) is 2.42. The maximum Gasteiger partial charge on any atom is 0.222 e.